The van der Waals surface area contributed by atoms with Crippen LogP contribution < -0.4 is 5.73 Å². The first-order valence-electron chi connectivity index (χ1n) is 6.79. The predicted molar refractivity (Wildman–Crippen MR) is 92.1 cm³/mol. The summed E-state index contributed by atoms with van der Waals surface area (Å²) < 4.78 is 10.0. The number of anilines is 1. The van der Waals surface area contributed by atoms with E-state index >= 15 is 0 Å². The van der Waals surface area contributed by atoms with E-state index in [-0.39, 0.29) is 6.61 Å². The summed E-state index contributed by atoms with van der Waals surface area (Å²) in [7, 11) is 1.16. The molecule has 0 amide bonds. The molecule has 0 heterocycles. The molecule has 0 aliphatic heterocycles. The lowest BCUT2D eigenvalue weighted by atomic mass is 10.2. The zero-order chi connectivity index (χ0) is 16.7. The number of hydrogen-bond donors (Lipinski definition) is 1. The Morgan fingerprint density at radius 1 is 1.04 bits per heavy atom. The third kappa shape index (κ3) is 4.67. The molecule has 0 aliphatic carbocycles. The van der Waals surface area contributed by atoms with Gasteiger partial charge < -0.3 is 14.7 Å². The van der Waals surface area contributed by atoms with Gasteiger partial charge in [0, 0.05) is 4.90 Å². The van der Waals surface area contributed by atoms with E-state index < -0.39 is 11.9 Å². The Bertz CT molecular complexity index is 692. The van der Waals surface area contributed by atoms with Gasteiger partial charge in [-0.2, -0.15) is 0 Å². The Kier molecular flexibility index (Phi) is 6.37. The van der Waals surface area contributed by atoms with E-state index in [1.165, 1.54) is 0 Å². The van der Waals surface area contributed by atoms with Crippen molar-refractivity contribution in [2.45, 2.75) is 11.8 Å². The van der Waals surface area contributed by atoms with Crippen LogP contribution in [0.4, 0.5) is 5.69 Å². The number of carbonyl (C=O) groups is 2. The van der Waals surface area contributed by atoms with Crippen LogP contribution in [-0.4, -0.2) is 18.5 Å². The molecule has 0 bridgehead atoms. The van der Waals surface area contributed by atoms with Gasteiger partial charge in [0.2, 0.25) is 0 Å². The average molecular weight is 349 g/mol. The third-order valence-electron chi connectivity index (χ3n) is 2.80. The van der Waals surface area contributed by atoms with Crippen LogP contribution in [0, 0.1) is 0 Å². The van der Waals surface area contributed by atoms with Crippen molar-refractivity contribution in [3.05, 3.63) is 59.7 Å². The number of carbonyl (C=O) groups excluding carboxylic acids is 2. The summed E-state index contributed by atoms with van der Waals surface area (Å²) in [6.07, 6.45) is 0. The van der Waals surface area contributed by atoms with Crippen LogP contribution in [0.1, 0.15) is 27.6 Å². The molecule has 2 aromatic carbocycles. The second-order valence-corrected chi connectivity index (χ2v) is 6.14. The molecule has 120 valence electrons. The number of rotatable bonds is 6. The van der Waals surface area contributed by atoms with Crippen molar-refractivity contribution in [1.82, 2.24) is 0 Å². The van der Waals surface area contributed by atoms with Gasteiger partial charge in [-0.25, -0.2) is 9.59 Å². The van der Waals surface area contributed by atoms with Crippen molar-refractivity contribution in [1.29, 1.82) is 0 Å². The quantitative estimate of drug-likeness (QED) is 0.366. The van der Waals surface area contributed by atoms with E-state index in [2.05, 4.69) is 0 Å². The minimum absolute atomic E-state index is 0.277. The largest absolute Gasteiger partial charge is 0.462 e. The number of ether oxygens (including phenoxy) is 1. The van der Waals surface area contributed by atoms with E-state index in [0.717, 1.165) is 21.9 Å². The van der Waals surface area contributed by atoms with Crippen LogP contribution in [0.15, 0.2) is 53.4 Å². The molecule has 2 aromatic rings. The lowest BCUT2D eigenvalue weighted by Gasteiger charge is -2.09. The van der Waals surface area contributed by atoms with Crippen LogP contribution in [0.25, 0.3) is 0 Å². The molecule has 7 heteroatoms. The number of benzene rings is 2. The summed E-state index contributed by atoms with van der Waals surface area (Å²) in [4.78, 5) is 24.2. The minimum atomic E-state index is -0.473. The molecular weight excluding hydrogens is 334 g/mol. The predicted octanol–water partition coefficient (Wildman–Crippen LogP) is 3.96. The highest BCUT2D eigenvalue weighted by Gasteiger charge is 2.15. The Hall–Kier alpha value is -2.12. The van der Waals surface area contributed by atoms with Gasteiger partial charge in [-0.15, -0.1) is 0 Å². The Balaban J connectivity index is 1.97. The van der Waals surface area contributed by atoms with Gasteiger partial charge in [0.05, 0.1) is 23.4 Å². The maximum Gasteiger partial charge on any atom is 0.350 e. The molecular formula is C16H15NO4S2. The molecule has 0 unspecified atom stereocenters. The molecule has 0 aromatic heterocycles. The smallest absolute Gasteiger partial charge is 0.350 e. The fourth-order valence-corrected chi connectivity index (χ4v) is 3.25. The van der Waals surface area contributed by atoms with Crippen LogP contribution in [-0.2, 0) is 8.92 Å². The Morgan fingerprint density at radius 3 is 2.48 bits per heavy atom. The molecule has 0 saturated heterocycles. The number of nitrogen functional groups attached to an aromatic ring is 1. The summed E-state index contributed by atoms with van der Waals surface area (Å²) in [5.41, 5.74) is 7.04. The third-order valence-corrected chi connectivity index (χ3v) is 4.57. The highest BCUT2D eigenvalue weighted by molar-refractivity contribution is 8.75. The van der Waals surface area contributed by atoms with Crippen molar-refractivity contribution in [3.8, 4) is 0 Å². The van der Waals surface area contributed by atoms with Crippen LogP contribution in [0.3, 0.4) is 0 Å². The summed E-state index contributed by atoms with van der Waals surface area (Å²) in [5, 5.41) is 0. The molecule has 0 saturated carbocycles. The van der Waals surface area contributed by atoms with Gasteiger partial charge >= 0.3 is 11.9 Å². The molecule has 5 nitrogen and oxygen atoms in total. The van der Waals surface area contributed by atoms with Gasteiger partial charge in [0.1, 0.15) is 11.1 Å². The number of esters is 1. The first kappa shape index (κ1) is 17.2. The number of nitrogens with two attached hydrogens (primary N) is 1. The topological polar surface area (TPSA) is 78.6 Å². The maximum atomic E-state index is 11.8. The summed E-state index contributed by atoms with van der Waals surface area (Å²) in [6, 6.07) is 13.7. The summed E-state index contributed by atoms with van der Waals surface area (Å²) in [6.45, 7) is 2.00. The fraction of sp³-hybridized carbons (Fsp3) is 0.125. The lowest BCUT2D eigenvalue weighted by molar-refractivity contribution is 0.0527. The monoisotopic (exact) mass is 349 g/mol. The van der Waals surface area contributed by atoms with E-state index in [0.29, 0.717) is 21.7 Å². The summed E-state index contributed by atoms with van der Waals surface area (Å²) >= 11 is 0.892. The van der Waals surface area contributed by atoms with Gasteiger partial charge in [-0.05, 0) is 42.0 Å². The Morgan fingerprint density at radius 2 is 1.78 bits per heavy atom. The van der Waals surface area contributed by atoms with Gasteiger partial charge in [-0.1, -0.05) is 24.3 Å². The second kappa shape index (κ2) is 8.50. The normalized spacial score (nSPS) is 10.1. The zero-order valence-electron chi connectivity index (χ0n) is 12.4. The second-order valence-electron chi connectivity index (χ2n) is 4.33. The molecule has 2 rings (SSSR count). The molecule has 0 fully saturated rings. The van der Waals surface area contributed by atoms with Crippen molar-refractivity contribution in [3.63, 3.8) is 0 Å². The van der Waals surface area contributed by atoms with Gasteiger partial charge in [-0.3, -0.25) is 0 Å². The van der Waals surface area contributed by atoms with Gasteiger partial charge in [0.15, 0.2) is 0 Å². The van der Waals surface area contributed by atoms with E-state index in [1.54, 1.807) is 49.4 Å². The van der Waals surface area contributed by atoms with Crippen LogP contribution in [0.5, 0.6) is 0 Å². The molecule has 0 atom stereocenters. The molecule has 2 N–H and O–H groups in total. The number of para-hydroxylation sites is 1. The lowest BCUT2D eigenvalue weighted by Crippen LogP contribution is -2.08. The van der Waals surface area contributed by atoms with E-state index in [9.17, 15) is 9.59 Å². The molecule has 0 aliphatic rings. The fourth-order valence-electron chi connectivity index (χ4n) is 1.71. The van der Waals surface area contributed by atoms with Crippen molar-refractivity contribution < 1.29 is 18.5 Å². The van der Waals surface area contributed by atoms with E-state index in [4.69, 9.17) is 14.7 Å². The van der Waals surface area contributed by atoms with Crippen molar-refractivity contribution in [2.24, 2.45) is 0 Å². The van der Waals surface area contributed by atoms with Crippen molar-refractivity contribution >= 4 is 39.5 Å². The first-order valence-corrected chi connectivity index (χ1v) is 8.87. The summed E-state index contributed by atoms with van der Waals surface area (Å²) in [5.74, 6) is -0.915. The highest BCUT2D eigenvalue weighted by Crippen LogP contribution is 2.37. The van der Waals surface area contributed by atoms with Crippen molar-refractivity contribution in [2.75, 3.05) is 12.3 Å². The van der Waals surface area contributed by atoms with E-state index in [1.807, 2.05) is 6.07 Å². The maximum absolute atomic E-state index is 11.8. The molecule has 0 radical (unpaired) electrons. The zero-order valence-corrected chi connectivity index (χ0v) is 14.0. The standard InChI is InChI=1S/C16H15NO4S2/c1-2-20-16(19)12-9-6-10-13(14(12)17)22-23-21-15(18)11-7-4-3-5-8-11/h3-10H,2,17H2,1H3. The molecule has 23 heavy (non-hydrogen) atoms. The average Bonchev–Trinajstić information content (AvgIpc) is 2.57. The Labute approximate surface area is 142 Å². The van der Waals surface area contributed by atoms with Crippen LogP contribution in [0.2, 0.25) is 0 Å². The molecule has 0 spiro atoms. The first-order chi connectivity index (χ1) is 11.1. The number of hydrogen-bond acceptors (Lipinski definition) is 7. The van der Waals surface area contributed by atoms with Gasteiger partial charge in [0.25, 0.3) is 0 Å². The van der Waals surface area contributed by atoms with Crippen LogP contribution >= 0.6 is 21.9 Å². The highest BCUT2D eigenvalue weighted by atomic mass is 33.1. The SMILES string of the molecule is CCOC(=O)c1cccc(SSOC(=O)c2ccccc2)c1N. The minimum Gasteiger partial charge on any atom is -0.462 e.